The average molecular weight is 400 g/mol. The number of aliphatic imine (C=N–C) groups is 1. The van der Waals surface area contributed by atoms with Gasteiger partial charge in [0.1, 0.15) is 6.61 Å². The van der Waals surface area contributed by atoms with Gasteiger partial charge in [0.05, 0.1) is 6.61 Å². The van der Waals surface area contributed by atoms with E-state index in [1.165, 1.54) is 6.42 Å². The molecule has 0 aliphatic carbocycles. The second-order valence-electron chi connectivity index (χ2n) is 7.11. The lowest BCUT2D eigenvalue weighted by atomic mass is 10.1. The van der Waals surface area contributed by atoms with Crippen LogP contribution in [-0.4, -0.2) is 56.4 Å². The zero-order valence-electron chi connectivity index (χ0n) is 16.7. The molecule has 1 aliphatic rings. The van der Waals surface area contributed by atoms with E-state index in [2.05, 4.69) is 32.2 Å². The summed E-state index contributed by atoms with van der Waals surface area (Å²) in [5.41, 5.74) is 1.75. The molecule has 0 saturated carbocycles. The lowest BCUT2D eigenvalue weighted by Gasteiger charge is -2.32. The van der Waals surface area contributed by atoms with E-state index in [1.54, 1.807) is 19.2 Å². The van der Waals surface area contributed by atoms with Gasteiger partial charge in [-0.25, -0.2) is 0 Å². The van der Waals surface area contributed by atoms with Crippen molar-refractivity contribution in [3.05, 3.63) is 35.4 Å². The molecule has 0 atom stereocenters. The first kappa shape index (κ1) is 22.5. The maximum Gasteiger partial charge on any atom is 0.411 e. The number of hydrogen-bond acceptors (Lipinski definition) is 3. The molecule has 1 fully saturated rings. The SMILES string of the molecule is CCCN1CCC(NC(=NC)NCc2ccc(COCC(F)(F)F)cc2)CC1. The first-order valence-electron chi connectivity index (χ1n) is 9.81. The Morgan fingerprint density at radius 3 is 2.39 bits per heavy atom. The number of piperidine rings is 1. The zero-order chi connectivity index (χ0) is 20.4. The third-order valence-corrected chi connectivity index (χ3v) is 4.71. The highest BCUT2D eigenvalue weighted by Gasteiger charge is 2.27. The average Bonchev–Trinajstić information content (AvgIpc) is 2.67. The second-order valence-corrected chi connectivity index (χ2v) is 7.11. The van der Waals surface area contributed by atoms with E-state index in [1.807, 2.05) is 12.1 Å². The number of halogens is 3. The van der Waals surface area contributed by atoms with Gasteiger partial charge in [-0.15, -0.1) is 0 Å². The van der Waals surface area contributed by atoms with E-state index in [9.17, 15) is 13.2 Å². The van der Waals surface area contributed by atoms with Crippen LogP contribution in [0.4, 0.5) is 13.2 Å². The van der Waals surface area contributed by atoms with Gasteiger partial charge < -0.3 is 20.3 Å². The second kappa shape index (κ2) is 11.3. The van der Waals surface area contributed by atoms with Gasteiger partial charge in [-0.2, -0.15) is 13.2 Å². The summed E-state index contributed by atoms with van der Waals surface area (Å²) in [4.78, 5) is 6.78. The summed E-state index contributed by atoms with van der Waals surface area (Å²) in [5, 5.41) is 6.77. The van der Waals surface area contributed by atoms with Gasteiger partial charge in [0, 0.05) is 32.7 Å². The standard InChI is InChI=1S/C20H31F3N4O/c1-3-10-27-11-8-18(9-12-27)26-19(24-2)25-13-16-4-6-17(7-5-16)14-28-15-20(21,22)23/h4-7,18H,3,8-15H2,1-2H3,(H2,24,25,26). The molecule has 8 heteroatoms. The van der Waals surface area contributed by atoms with Crippen LogP contribution in [-0.2, 0) is 17.9 Å². The number of benzene rings is 1. The molecule has 0 radical (unpaired) electrons. The smallest absolute Gasteiger partial charge is 0.367 e. The molecule has 1 heterocycles. The van der Waals surface area contributed by atoms with Gasteiger partial charge in [-0.05, 0) is 36.9 Å². The molecule has 0 aromatic heterocycles. The number of rotatable bonds is 8. The van der Waals surface area contributed by atoms with Crippen molar-refractivity contribution in [3.8, 4) is 0 Å². The van der Waals surface area contributed by atoms with Crippen molar-refractivity contribution in [1.29, 1.82) is 0 Å². The van der Waals surface area contributed by atoms with Crippen molar-refractivity contribution < 1.29 is 17.9 Å². The van der Waals surface area contributed by atoms with Crippen LogP contribution in [0, 0.1) is 0 Å². The number of nitrogens with zero attached hydrogens (tertiary/aromatic N) is 2. The van der Waals surface area contributed by atoms with E-state index < -0.39 is 12.8 Å². The minimum Gasteiger partial charge on any atom is -0.367 e. The third-order valence-electron chi connectivity index (χ3n) is 4.71. The van der Waals surface area contributed by atoms with Crippen LogP contribution < -0.4 is 10.6 Å². The molecular formula is C20H31F3N4O. The summed E-state index contributed by atoms with van der Waals surface area (Å²) in [6, 6.07) is 7.76. The lowest BCUT2D eigenvalue weighted by molar-refractivity contribution is -0.176. The van der Waals surface area contributed by atoms with Crippen molar-refractivity contribution in [2.24, 2.45) is 4.99 Å². The number of ether oxygens (including phenoxy) is 1. The van der Waals surface area contributed by atoms with Crippen molar-refractivity contribution in [2.75, 3.05) is 33.3 Å². The van der Waals surface area contributed by atoms with Crippen LogP contribution in [0.5, 0.6) is 0 Å². The summed E-state index contributed by atoms with van der Waals surface area (Å²) < 4.78 is 41.0. The molecule has 1 aromatic carbocycles. The third kappa shape index (κ3) is 8.48. The molecule has 5 nitrogen and oxygen atoms in total. The molecule has 1 aromatic rings. The molecule has 158 valence electrons. The number of hydrogen-bond donors (Lipinski definition) is 2. The summed E-state index contributed by atoms with van der Waals surface area (Å²) in [6.45, 7) is 4.91. The van der Waals surface area contributed by atoms with Gasteiger partial charge in [0.2, 0.25) is 0 Å². The minimum absolute atomic E-state index is 0.0484. The molecule has 0 amide bonds. The highest BCUT2D eigenvalue weighted by molar-refractivity contribution is 5.79. The van der Waals surface area contributed by atoms with Crippen molar-refractivity contribution in [3.63, 3.8) is 0 Å². The van der Waals surface area contributed by atoms with Crippen LogP contribution >= 0.6 is 0 Å². The van der Waals surface area contributed by atoms with Crippen LogP contribution in [0.2, 0.25) is 0 Å². The van der Waals surface area contributed by atoms with E-state index in [-0.39, 0.29) is 6.61 Å². The Morgan fingerprint density at radius 2 is 1.82 bits per heavy atom. The van der Waals surface area contributed by atoms with Gasteiger partial charge in [-0.3, -0.25) is 4.99 Å². The molecule has 2 rings (SSSR count). The summed E-state index contributed by atoms with van der Waals surface area (Å²) in [6.07, 6.45) is -0.894. The topological polar surface area (TPSA) is 48.9 Å². The fourth-order valence-corrected chi connectivity index (χ4v) is 3.23. The van der Waals surface area contributed by atoms with E-state index >= 15 is 0 Å². The number of alkyl halides is 3. The Morgan fingerprint density at radius 1 is 1.18 bits per heavy atom. The monoisotopic (exact) mass is 400 g/mol. The fraction of sp³-hybridized carbons (Fsp3) is 0.650. The van der Waals surface area contributed by atoms with Crippen LogP contribution in [0.25, 0.3) is 0 Å². The van der Waals surface area contributed by atoms with Crippen LogP contribution in [0.3, 0.4) is 0 Å². The lowest BCUT2D eigenvalue weighted by Crippen LogP contribution is -2.48. The van der Waals surface area contributed by atoms with Crippen molar-refractivity contribution >= 4 is 5.96 Å². The highest BCUT2D eigenvalue weighted by atomic mass is 19.4. The Kier molecular flexibility index (Phi) is 9.05. The Balaban J connectivity index is 1.71. The summed E-state index contributed by atoms with van der Waals surface area (Å²) >= 11 is 0. The maximum absolute atomic E-state index is 12.1. The van der Waals surface area contributed by atoms with Gasteiger partial charge in [0.25, 0.3) is 0 Å². The van der Waals surface area contributed by atoms with Gasteiger partial charge in [-0.1, -0.05) is 31.2 Å². The zero-order valence-corrected chi connectivity index (χ0v) is 16.7. The summed E-state index contributed by atoms with van der Waals surface area (Å²) in [5.74, 6) is 0.770. The molecular weight excluding hydrogens is 369 g/mol. The normalized spacial score (nSPS) is 17.0. The minimum atomic E-state index is -4.29. The molecule has 0 bridgehead atoms. The maximum atomic E-state index is 12.1. The Bertz CT molecular complexity index is 596. The Hall–Kier alpha value is -1.80. The van der Waals surface area contributed by atoms with Gasteiger partial charge in [0.15, 0.2) is 5.96 Å². The number of guanidine groups is 1. The molecule has 28 heavy (non-hydrogen) atoms. The van der Waals surface area contributed by atoms with Gasteiger partial charge >= 0.3 is 6.18 Å². The van der Waals surface area contributed by atoms with Crippen molar-refractivity contribution in [2.45, 2.75) is 51.6 Å². The molecule has 2 N–H and O–H groups in total. The van der Waals surface area contributed by atoms with E-state index in [4.69, 9.17) is 0 Å². The van der Waals surface area contributed by atoms with Crippen LogP contribution in [0.15, 0.2) is 29.3 Å². The predicted octanol–water partition coefficient (Wildman–Crippen LogP) is 3.30. The van der Waals surface area contributed by atoms with Crippen LogP contribution in [0.1, 0.15) is 37.3 Å². The largest absolute Gasteiger partial charge is 0.411 e. The van der Waals surface area contributed by atoms with E-state index in [0.717, 1.165) is 44.0 Å². The van der Waals surface area contributed by atoms with E-state index in [0.29, 0.717) is 18.2 Å². The molecule has 1 saturated heterocycles. The first-order chi connectivity index (χ1) is 13.4. The molecule has 0 spiro atoms. The summed E-state index contributed by atoms with van der Waals surface area (Å²) in [7, 11) is 1.75. The highest BCUT2D eigenvalue weighted by Crippen LogP contribution is 2.16. The Labute approximate surface area is 165 Å². The fourth-order valence-electron chi connectivity index (χ4n) is 3.23. The quantitative estimate of drug-likeness (QED) is 0.519. The number of likely N-dealkylation sites (tertiary alicyclic amines) is 1. The van der Waals surface area contributed by atoms with Crippen molar-refractivity contribution in [1.82, 2.24) is 15.5 Å². The molecule has 1 aliphatic heterocycles. The number of nitrogens with one attached hydrogen (secondary N) is 2. The molecule has 0 unspecified atom stereocenters. The predicted molar refractivity (Wildman–Crippen MR) is 105 cm³/mol. The first-order valence-corrected chi connectivity index (χ1v) is 9.81.